The number of hydrogen-bond donors (Lipinski definition) is 3. The number of nitrogens with zero attached hydrogens (tertiary/aromatic N) is 2. The van der Waals surface area contributed by atoms with E-state index in [4.69, 9.17) is 10.6 Å². The summed E-state index contributed by atoms with van der Waals surface area (Å²) in [4.78, 5) is 14.6. The van der Waals surface area contributed by atoms with Crippen molar-refractivity contribution >= 4 is 17.3 Å². The molecule has 0 spiro atoms. The first kappa shape index (κ1) is 16.1. The lowest BCUT2D eigenvalue weighted by atomic mass is 9.90. The molecule has 1 rings (SSSR count). The molecule has 20 heavy (non-hydrogen) atoms. The Morgan fingerprint density at radius 1 is 1.50 bits per heavy atom. The van der Waals surface area contributed by atoms with E-state index in [9.17, 15) is 10.1 Å². The fourth-order valence-electron chi connectivity index (χ4n) is 1.60. The SMILES string of the molecule is COCCC(C)(C)CNc1nc(NN)ccc1[N+](=O)[O-]. The molecule has 0 atom stereocenters. The number of nitrogens with one attached hydrogen (secondary N) is 2. The topological polar surface area (TPSA) is 115 Å². The van der Waals surface area contributed by atoms with Gasteiger partial charge in [0.15, 0.2) is 0 Å². The Balaban J connectivity index is 2.82. The zero-order valence-corrected chi connectivity index (χ0v) is 12.0. The van der Waals surface area contributed by atoms with E-state index in [0.29, 0.717) is 19.0 Å². The van der Waals surface area contributed by atoms with Crippen LogP contribution < -0.4 is 16.6 Å². The molecule has 0 saturated heterocycles. The molecule has 0 unspecified atom stereocenters. The van der Waals surface area contributed by atoms with Gasteiger partial charge in [0.05, 0.1) is 4.92 Å². The quantitative estimate of drug-likeness (QED) is 0.378. The van der Waals surface area contributed by atoms with Crippen molar-refractivity contribution in [1.82, 2.24) is 4.98 Å². The number of ether oxygens (including phenoxy) is 1. The number of anilines is 2. The van der Waals surface area contributed by atoms with E-state index in [1.165, 1.54) is 12.1 Å². The molecule has 0 fully saturated rings. The molecule has 1 heterocycles. The third kappa shape index (κ3) is 4.63. The second-order valence-corrected chi connectivity index (χ2v) is 5.23. The van der Waals surface area contributed by atoms with Crippen molar-refractivity contribution in [1.29, 1.82) is 0 Å². The highest BCUT2D eigenvalue weighted by Gasteiger charge is 2.21. The minimum Gasteiger partial charge on any atom is -0.385 e. The van der Waals surface area contributed by atoms with Gasteiger partial charge in [0.2, 0.25) is 5.82 Å². The van der Waals surface area contributed by atoms with Gasteiger partial charge in [-0.2, -0.15) is 0 Å². The van der Waals surface area contributed by atoms with Gasteiger partial charge in [-0.1, -0.05) is 13.8 Å². The summed E-state index contributed by atoms with van der Waals surface area (Å²) in [6.45, 7) is 5.28. The van der Waals surface area contributed by atoms with Crippen LogP contribution in [0.15, 0.2) is 12.1 Å². The van der Waals surface area contributed by atoms with E-state index in [1.54, 1.807) is 7.11 Å². The number of nitrogens with two attached hydrogens (primary N) is 1. The summed E-state index contributed by atoms with van der Waals surface area (Å²) in [6, 6.07) is 2.83. The molecule has 8 heteroatoms. The lowest BCUT2D eigenvalue weighted by Crippen LogP contribution is -2.25. The van der Waals surface area contributed by atoms with Gasteiger partial charge in [-0.3, -0.25) is 10.1 Å². The van der Waals surface area contributed by atoms with E-state index in [2.05, 4.69) is 29.6 Å². The molecule has 112 valence electrons. The van der Waals surface area contributed by atoms with E-state index in [1.807, 2.05) is 0 Å². The number of aromatic nitrogens is 1. The Labute approximate surface area is 117 Å². The van der Waals surface area contributed by atoms with Crippen LogP contribution in [-0.2, 0) is 4.74 Å². The lowest BCUT2D eigenvalue weighted by molar-refractivity contribution is -0.384. The average Bonchev–Trinajstić information content (AvgIpc) is 2.42. The summed E-state index contributed by atoms with van der Waals surface area (Å²) in [6.07, 6.45) is 0.832. The molecule has 4 N–H and O–H groups in total. The van der Waals surface area contributed by atoms with Crippen molar-refractivity contribution < 1.29 is 9.66 Å². The number of methoxy groups -OCH3 is 1. The van der Waals surface area contributed by atoms with Gasteiger partial charge in [0.1, 0.15) is 5.82 Å². The summed E-state index contributed by atoms with van der Waals surface area (Å²) < 4.78 is 5.05. The second kappa shape index (κ2) is 7.01. The van der Waals surface area contributed by atoms with Crippen molar-refractivity contribution in [3.8, 4) is 0 Å². The largest absolute Gasteiger partial charge is 0.385 e. The lowest BCUT2D eigenvalue weighted by Gasteiger charge is -2.24. The number of nitrogen functional groups attached to an aromatic ring is 1. The highest BCUT2D eigenvalue weighted by atomic mass is 16.6. The van der Waals surface area contributed by atoms with Crippen molar-refractivity contribution in [3.05, 3.63) is 22.2 Å². The molecule has 0 saturated carbocycles. The number of nitro groups is 1. The number of rotatable bonds is 8. The van der Waals surface area contributed by atoms with Gasteiger partial charge in [-0.05, 0) is 17.9 Å². The normalized spacial score (nSPS) is 11.2. The van der Waals surface area contributed by atoms with Crippen LogP contribution in [0, 0.1) is 15.5 Å². The summed E-state index contributed by atoms with van der Waals surface area (Å²) in [5.41, 5.74) is 2.22. The first-order chi connectivity index (χ1) is 9.39. The molecule has 0 aliphatic rings. The smallest absolute Gasteiger partial charge is 0.311 e. The van der Waals surface area contributed by atoms with Crippen molar-refractivity contribution in [2.75, 3.05) is 31.0 Å². The molecule has 0 radical (unpaired) electrons. The summed E-state index contributed by atoms with van der Waals surface area (Å²) in [5, 5.41) is 14.0. The maximum absolute atomic E-state index is 11.0. The molecular formula is C12H21N5O3. The Bertz CT molecular complexity index is 464. The minimum atomic E-state index is -0.474. The van der Waals surface area contributed by atoms with Gasteiger partial charge < -0.3 is 15.5 Å². The molecule has 0 bridgehead atoms. The van der Waals surface area contributed by atoms with Crippen LogP contribution in [-0.4, -0.2) is 30.2 Å². The van der Waals surface area contributed by atoms with Crippen molar-refractivity contribution in [2.24, 2.45) is 11.3 Å². The molecule has 1 aromatic heterocycles. The zero-order valence-electron chi connectivity index (χ0n) is 12.0. The molecule has 8 nitrogen and oxygen atoms in total. The summed E-state index contributed by atoms with van der Waals surface area (Å²) >= 11 is 0. The Hall–Kier alpha value is -1.93. The van der Waals surface area contributed by atoms with Gasteiger partial charge in [0.25, 0.3) is 0 Å². The molecule has 1 aromatic rings. The van der Waals surface area contributed by atoms with Crippen molar-refractivity contribution in [2.45, 2.75) is 20.3 Å². The summed E-state index contributed by atoms with van der Waals surface area (Å²) in [5.74, 6) is 5.84. The van der Waals surface area contributed by atoms with Crippen molar-refractivity contribution in [3.63, 3.8) is 0 Å². The molecule has 0 aliphatic carbocycles. The predicted octanol–water partition coefficient (Wildman–Crippen LogP) is 1.75. The molecular weight excluding hydrogens is 262 g/mol. The Morgan fingerprint density at radius 2 is 2.20 bits per heavy atom. The van der Waals surface area contributed by atoms with Crippen LogP contribution in [0.3, 0.4) is 0 Å². The second-order valence-electron chi connectivity index (χ2n) is 5.23. The Kier molecular flexibility index (Phi) is 5.66. The van der Waals surface area contributed by atoms with E-state index < -0.39 is 4.92 Å². The Morgan fingerprint density at radius 3 is 2.75 bits per heavy atom. The average molecular weight is 283 g/mol. The third-order valence-electron chi connectivity index (χ3n) is 2.94. The number of hydrogen-bond acceptors (Lipinski definition) is 7. The van der Waals surface area contributed by atoms with Crippen LogP contribution in [0.5, 0.6) is 0 Å². The molecule has 0 aliphatic heterocycles. The standard InChI is InChI=1S/C12H21N5O3/c1-12(2,6-7-20-3)8-14-11-9(17(18)19)4-5-10(15-11)16-13/h4-5H,6-8,13H2,1-3H3,(H2,14,15,16). The molecule has 0 amide bonds. The first-order valence-corrected chi connectivity index (χ1v) is 6.24. The minimum absolute atomic E-state index is 0.0717. The fourth-order valence-corrected chi connectivity index (χ4v) is 1.60. The van der Waals surface area contributed by atoms with Crippen LogP contribution in [0.1, 0.15) is 20.3 Å². The van der Waals surface area contributed by atoms with Gasteiger partial charge in [-0.15, -0.1) is 0 Å². The fraction of sp³-hybridized carbons (Fsp3) is 0.583. The number of pyridine rings is 1. The van der Waals surface area contributed by atoms with Gasteiger partial charge >= 0.3 is 5.69 Å². The van der Waals surface area contributed by atoms with Crippen LogP contribution >= 0.6 is 0 Å². The third-order valence-corrected chi connectivity index (χ3v) is 2.94. The van der Waals surface area contributed by atoms with Gasteiger partial charge in [-0.25, -0.2) is 10.8 Å². The highest BCUT2D eigenvalue weighted by molar-refractivity contribution is 5.60. The molecule has 0 aromatic carbocycles. The van der Waals surface area contributed by atoms with Crippen LogP contribution in [0.25, 0.3) is 0 Å². The van der Waals surface area contributed by atoms with Gasteiger partial charge in [0, 0.05) is 26.3 Å². The van der Waals surface area contributed by atoms with E-state index in [0.717, 1.165) is 6.42 Å². The predicted molar refractivity (Wildman–Crippen MR) is 77.5 cm³/mol. The monoisotopic (exact) mass is 283 g/mol. The van der Waals surface area contributed by atoms with E-state index >= 15 is 0 Å². The van der Waals surface area contributed by atoms with E-state index in [-0.39, 0.29) is 16.9 Å². The highest BCUT2D eigenvalue weighted by Crippen LogP contribution is 2.26. The van der Waals surface area contributed by atoms with Crippen LogP contribution in [0.4, 0.5) is 17.3 Å². The zero-order chi connectivity index (χ0) is 15.2. The summed E-state index contributed by atoms with van der Waals surface area (Å²) in [7, 11) is 1.65. The van der Waals surface area contributed by atoms with Crippen LogP contribution in [0.2, 0.25) is 0 Å². The maximum atomic E-state index is 11.0. The first-order valence-electron chi connectivity index (χ1n) is 6.24. The maximum Gasteiger partial charge on any atom is 0.311 e. The number of hydrazine groups is 1.